The number of fused-ring (bicyclic) bond motifs is 1. The van der Waals surface area contributed by atoms with Crippen LogP contribution in [0.1, 0.15) is 45.1 Å². The van der Waals surface area contributed by atoms with Crippen LogP contribution in [0.5, 0.6) is 0 Å². The van der Waals surface area contributed by atoms with Crippen LogP contribution >= 0.6 is 0 Å². The smallest absolute Gasteiger partial charge is 0.252 e. The minimum atomic E-state index is -3.87. The Morgan fingerprint density at radius 1 is 1.18 bits per heavy atom. The summed E-state index contributed by atoms with van der Waals surface area (Å²) in [6.45, 7) is 2.12. The van der Waals surface area contributed by atoms with Crippen LogP contribution in [0.4, 0.5) is 5.95 Å². The first-order chi connectivity index (χ1) is 15.4. The molecule has 2 aliphatic rings. The molecule has 2 fully saturated rings. The number of sulfone groups is 1. The molecule has 2 N–H and O–H groups in total. The van der Waals surface area contributed by atoms with Crippen LogP contribution in [0.2, 0.25) is 0 Å². The quantitative estimate of drug-likeness (QED) is 0.578. The number of nitrogens with one attached hydrogen (secondary N) is 1. The van der Waals surface area contributed by atoms with Crippen LogP contribution in [0.3, 0.4) is 0 Å². The van der Waals surface area contributed by atoms with Gasteiger partial charge in [-0.1, -0.05) is 0 Å². The Morgan fingerprint density at radius 2 is 1.88 bits per heavy atom. The maximum atomic E-state index is 12.7. The molecule has 1 aliphatic heterocycles. The summed E-state index contributed by atoms with van der Waals surface area (Å²) in [7, 11) is -7.52. The molecule has 2 aromatic rings. The van der Waals surface area contributed by atoms with E-state index in [1.807, 2.05) is 0 Å². The van der Waals surface area contributed by atoms with Gasteiger partial charge in [-0.25, -0.2) is 26.1 Å². The lowest BCUT2D eigenvalue weighted by atomic mass is 10.00. The van der Waals surface area contributed by atoms with Crippen molar-refractivity contribution in [2.45, 2.75) is 56.7 Å². The standard InChI is InChI=1S/C20H29N5O6S2/c1-20(27)9-3-4-16(20)25-17(26)6-5-14-12-21-19(23-18(14)25)22-15-7-10-24(11-8-15)33(30,31)13-32(2,28)29/h5-6,12,15-16,27H,3-4,7-11,13H2,1-2H3,(H,21,22,23)/t16-,20-/m1/s1. The van der Waals surface area contributed by atoms with Crippen LogP contribution in [-0.2, 0) is 19.9 Å². The maximum absolute atomic E-state index is 12.7. The lowest BCUT2D eigenvalue weighted by molar-refractivity contribution is 0.0267. The summed E-state index contributed by atoms with van der Waals surface area (Å²) in [5.41, 5.74) is -0.787. The number of hydrogen-bond acceptors (Lipinski definition) is 9. The topological polar surface area (TPSA) is 152 Å². The number of anilines is 1. The molecule has 1 aliphatic carbocycles. The monoisotopic (exact) mass is 499 g/mol. The number of nitrogens with zero attached hydrogens (tertiary/aromatic N) is 4. The second-order valence-electron chi connectivity index (χ2n) is 9.25. The predicted octanol–water partition coefficient (Wildman–Crippen LogP) is 0.476. The van der Waals surface area contributed by atoms with Gasteiger partial charge in [0.25, 0.3) is 5.56 Å². The molecule has 0 aromatic carbocycles. The van der Waals surface area contributed by atoms with Crippen molar-refractivity contribution in [2.24, 2.45) is 0 Å². The summed E-state index contributed by atoms with van der Waals surface area (Å²) in [4.78, 5) is 21.6. The molecule has 3 heterocycles. The largest absolute Gasteiger partial charge is 0.388 e. The van der Waals surface area contributed by atoms with Crippen LogP contribution in [0, 0.1) is 0 Å². The number of sulfonamides is 1. The van der Waals surface area contributed by atoms with Crippen LogP contribution in [0.15, 0.2) is 23.1 Å². The van der Waals surface area contributed by atoms with Crippen molar-refractivity contribution in [3.63, 3.8) is 0 Å². The van der Waals surface area contributed by atoms with E-state index in [2.05, 4.69) is 15.3 Å². The third kappa shape index (κ3) is 5.20. The van der Waals surface area contributed by atoms with Crippen molar-refractivity contribution in [1.29, 1.82) is 0 Å². The zero-order valence-corrected chi connectivity index (χ0v) is 20.3. The molecule has 11 nitrogen and oxygen atoms in total. The molecular weight excluding hydrogens is 470 g/mol. The highest BCUT2D eigenvalue weighted by Crippen LogP contribution is 2.39. The third-order valence-corrected chi connectivity index (χ3v) is 10.5. The molecule has 1 saturated carbocycles. The van der Waals surface area contributed by atoms with Gasteiger partial charge in [0.15, 0.2) is 14.9 Å². The first-order valence-corrected chi connectivity index (χ1v) is 14.6. The van der Waals surface area contributed by atoms with Crippen molar-refractivity contribution in [2.75, 3.05) is 29.7 Å². The molecule has 0 unspecified atom stereocenters. The second-order valence-corrected chi connectivity index (χ2v) is 13.7. The van der Waals surface area contributed by atoms with Crippen molar-refractivity contribution in [1.82, 2.24) is 18.8 Å². The van der Waals surface area contributed by atoms with Gasteiger partial charge >= 0.3 is 0 Å². The number of aromatic nitrogens is 3. The molecule has 4 rings (SSSR count). The number of pyridine rings is 1. The highest BCUT2D eigenvalue weighted by molar-refractivity contribution is 8.06. The molecule has 0 spiro atoms. The van der Waals surface area contributed by atoms with E-state index >= 15 is 0 Å². The molecule has 182 valence electrons. The van der Waals surface area contributed by atoms with Crippen LogP contribution in [-0.4, -0.2) is 76.9 Å². The average Bonchev–Trinajstić information content (AvgIpc) is 3.05. The van der Waals surface area contributed by atoms with Crippen molar-refractivity contribution < 1.29 is 21.9 Å². The Labute approximate surface area is 192 Å². The summed E-state index contributed by atoms with van der Waals surface area (Å²) < 4.78 is 50.2. The van der Waals surface area contributed by atoms with E-state index in [1.54, 1.807) is 23.8 Å². The Hall–Kier alpha value is -2.09. The molecular formula is C20H29N5O6S2. The van der Waals surface area contributed by atoms with Crippen LogP contribution < -0.4 is 10.9 Å². The van der Waals surface area contributed by atoms with Gasteiger partial charge < -0.3 is 10.4 Å². The number of hydrogen-bond donors (Lipinski definition) is 2. The Morgan fingerprint density at radius 3 is 2.48 bits per heavy atom. The minimum Gasteiger partial charge on any atom is -0.388 e. The first kappa shape index (κ1) is 24.0. The van der Waals surface area contributed by atoms with E-state index in [0.29, 0.717) is 42.7 Å². The minimum absolute atomic E-state index is 0.106. The first-order valence-electron chi connectivity index (χ1n) is 10.9. The van der Waals surface area contributed by atoms with E-state index < -0.39 is 30.5 Å². The van der Waals surface area contributed by atoms with Crippen molar-refractivity contribution >= 4 is 36.8 Å². The Bertz CT molecular complexity index is 1310. The fraction of sp³-hybridized carbons (Fsp3) is 0.650. The fourth-order valence-corrected chi connectivity index (χ4v) is 8.28. The maximum Gasteiger partial charge on any atom is 0.252 e. The number of rotatable bonds is 6. The third-order valence-electron chi connectivity index (χ3n) is 6.40. The van der Waals surface area contributed by atoms with Crippen LogP contribution in [0.25, 0.3) is 11.0 Å². The molecule has 1 saturated heterocycles. The molecule has 2 aromatic heterocycles. The molecule has 13 heteroatoms. The summed E-state index contributed by atoms with van der Waals surface area (Å²) >= 11 is 0. The molecule has 33 heavy (non-hydrogen) atoms. The van der Waals surface area contributed by atoms with Gasteiger partial charge in [-0.2, -0.15) is 4.98 Å². The average molecular weight is 500 g/mol. The molecule has 0 radical (unpaired) electrons. The highest BCUT2D eigenvalue weighted by atomic mass is 32.3. The van der Waals surface area contributed by atoms with E-state index in [0.717, 1.165) is 12.7 Å². The number of piperidine rings is 1. The summed E-state index contributed by atoms with van der Waals surface area (Å²) in [5.74, 6) is 0.317. The van der Waals surface area contributed by atoms with Crippen molar-refractivity contribution in [3.05, 3.63) is 28.7 Å². The summed E-state index contributed by atoms with van der Waals surface area (Å²) in [6, 6.07) is 2.64. The van der Waals surface area contributed by atoms with Gasteiger partial charge in [-0.15, -0.1) is 0 Å². The van der Waals surface area contributed by atoms with E-state index in [1.165, 1.54) is 10.4 Å². The van der Waals surface area contributed by atoms with E-state index in [9.17, 15) is 26.7 Å². The Balaban J connectivity index is 1.53. The molecule has 0 bridgehead atoms. The van der Waals surface area contributed by atoms with Crippen molar-refractivity contribution in [3.8, 4) is 0 Å². The number of aliphatic hydroxyl groups is 1. The molecule has 0 amide bonds. The highest BCUT2D eigenvalue weighted by Gasteiger charge is 2.39. The van der Waals surface area contributed by atoms with Gasteiger partial charge in [0.2, 0.25) is 16.0 Å². The van der Waals surface area contributed by atoms with Gasteiger partial charge in [0.05, 0.1) is 11.6 Å². The lowest BCUT2D eigenvalue weighted by Crippen LogP contribution is -2.44. The molecule has 2 atom stereocenters. The Kier molecular flexibility index (Phi) is 6.27. The van der Waals surface area contributed by atoms with Gasteiger partial charge in [-0.3, -0.25) is 9.36 Å². The SMILES string of the molecule is C[C@@]1(O)CCC[C@H]1n1c(=O)ccc2cnc(NC3CCN(S(=O)(=O)CS(C)(=O)=O)CC3)nc21. The zero-order chi connectivity index (χ0) is 24.0. The predicted molar refractivity (Wildman–Crippen MR) is 124 cm³/mol. The zero-order valence-electron chi connectivity index (χ0n) is 18.6. The summed E-state index contributed by atoms with van der Waals surface area (Å²) in [5, 5.41) is 13.8. The second kappa shape index (κ2) is 8.60. The van der Waals surface area contributed by atoms with Gasteiger partial charge in [0.1, 0.15) is 5.65 Å². The fourth-order valence-electron chi connectivity index (χ4n) is 4.75. The van der Waals surface area contributed by atoms with Gasteiger partial charge in [-0.05, 0) is 45.1 Å². The van der Waals surface area contributed by atoms with Gasteiger partial charge in [0, 0.05) is 43.0 Å². The summed E-state index contributed by atoms with van der Waals surface area (Å²) in [6.07, 6.45) is 5.55. The van der Waals surface area contributed by atoms with E-state index in [4.69, 9.17) is 0 Å². The normalized spacial score (nSPS) is 25.5. The van der Waals surface area contributed by atoms with E-state index in [-0.39, 0.29) is 30.7 Å². The lowest BCUT2D eigenvalue weighted by Gasteiger charge is -2.31.